The summed E-state index contributed by atoms with van der Waals surface area (Å²) in [5.41, 5.74) is 2.70. The van der Waals surface area contributed by atoms with Crippen LogP contribution in [0.1, 0.15) is 57.6 Å². The lowest BCUT2D eigenvalue weighted by atomic mass is 9.90. The molecule has 256 valence electrons. The van der Waals surface area contributed by atoms with E-state index in [1.807, 2.05) is 30.8 Å². The Morgan fingerprint density at radius 2 is 1.90 bits per heavy atom. The van der Waals surface area contributed by atoms with Gasteiger partial charge in [-0.3, -0.25) is 14.6 Å². The topological polar surface area (TPSA) is 183 Å². The lowest BCUT2D eigenvalue weighted by Gasteiger charge is -2.38. The van der Waals surface area contributed by atoms with Gasteiger partial charge in [0.2, 0.25) is 5.95 Å². The monoisotopic (exact) mass is 659 g/mol. The van der Waals surface area contributed by atoms with Crippen molar-refractivity contribution in [2.45, 2.75) is 64.1 Å². The Bertz CT molecular complexity index is 1530. The highest BCUT2D eigenvalue weighted by Crippen LogP contribution is 2.35. The number of morpholine rings is 1. The smallest absolute Gasteiger partial charge is 0.256 e. The number of nitrogens with zero attached hydrogens (tertiary/aromatic N) is 9. The van der Waals surface area contributed by atoms with Crippen molar-refractivity contribution in [1.29, 1.82) is 5.26 Å². The number of nitrogens with two attached hydrogens (primary N) is 1. The van der Waals surface area contributed by atoms with Gasteiger partial charge in [0.1, 0.15) is 29.9 Å². The fourth-order valence-corrected chi connectivity index (χ4v) is 5.93. The average Bonchev–Trinajstić information content (AvgIpc) is 3.53. The minimum absolute atomic E-state index is 0.297. The number of hydrogen-bond donors (Lipinski definition) is 2. The molecule has 2 aromatic heterocycles. The number of aliphatic imine (C=N–C) groups is 1. The van der Waals surface area contributed by atoms with Crippen molar-refractivity contribution in [3.05, 3.63) is 42.4 Å². The molecule has 1 saturated carbocycles. The molecule has 15 heteroatoms. The largest absolute Gasteiger partial charge is 0.487 e. The number of nitrogens with one attached hydrogen (secondary N) is 1. The van der Waals surface area contributed by atoms with Crippen LogP contribution in [0.5, 0.6) is 11.6 Å². The molecule has 3 heterocycles. The zero-order valence-electron chi connectivity index (χ0n) is 27.7. The van der Waals surface area contributed by atoms with Crippen LogP contribution in [0.25, 0.3) is 11.1 Å². The van der Waals surface area contributed by atoms with Crippen molar-refractivity contribution in [1.82, 2.24) is 24.6 Å². The lowest BCUT2D eigenvalue weighted by Crippen LogP contribution is -2.45. The first kappa shape index (κ1) is 34.7. The number of anilines is 2. The highest BCUT2D eigenvalue weighted by atomic mass is 16.5. The minimum atomic E-state index is -0.310. The number of nitriles is 1. The first-order valence-electron chi connectivity index (χ1n) is 16.6. The molecule has 3 aromatic rings. The summed E-state index contributed by atoms with van der Waals surface area (Å²) in [7, 11) is 0. The Hall–Kier alpha value is -4.65. The van der Waals surface area contributed by atoms with E-state index < -0.39 is 0 Å². The standard InChI is InChI=1S/C33H45N11O4/c1-3-45-13-4-14-47-32-30(22-44(41-32)29-9-7-28(8-10-29)43-11-15-46-16-12-43)40-33-37-20-27(21-38-33)25-5-6-26(18-34)31(17-25)48-24(2)19-36-23-39-42-35/h5-6,17,20-24,28-29H,3-4,7-16,19H2,1-2H3,(H2,35,36,39)(H,37,38,40)/t24-,28?,29?/m0/s1. The maximum atomic E-state index is 9.62. The zero-order chi connectivity index (χ0) is 33.6. The SMILES string of the molecule is CCOCCCOc1nn(C2CCC(N3CCOCC3)CC2)cc1Nc1ncc(-c2ccc(C#N)c(O[C@@H](C)CN=CN=NN)c2)cn1. The van der Waals surface area contributed by atoms with Crippen molar-refractivity contribution in [2.24, 2.45) is 21.2 Å². The van der Waals surface area contributed by atoms with Crippen LogP contribution in [-0.2, 0) is 9.47 Å². The molecule has 1 aromatic carbocycles. The van der Waals surface area contributed by atoms with Gasteiger partial charge in [-0.1, -0.05) is 11.3 Å². The van der Waals surface area contributed by atoms with E-state index >= 15 is 0 Å². The third kappa shape index (κ3) is 9.69. The van der Waals surface area contributed by atoms with E-state index in [0.29, 0.717) is 67.3 Å². The van der Waals surface area contributed by atoms with Gasteiger partial charge < -0.3 is 30.1 Å². The molecule has 0 spiro atoms. The number of rotatable bonds is 16. The Balaban J connectivity index is 1.26. The van der Waals surface area contributed by atoms with Gasteiger partial charge >= 0.3 is 0 Å². The maximum absolute atomic E-state index is 9.62. The van der Waals surface area contributed by atoms with Crippen LogP contribution in [0, 0.1) is 11.3 Å². The highest BCUT2D eigenvalue weighted by molar-refractivity contribution is 5.67. The van der Waals surface area contributed by atoms with E-state index in [4.69, 9.17) is 29.9 Å². The maximum Gasteiger partial charge on any atom is 0.256 e. The van der Waals surface area contributed by atoms with Gasteiger partial charge in [0.25, 0.3) is 5.88 Å². The molecule has 0 unspecified atom stereocenters. The Kier molecular flexibility index (Phi) is 13.0. The molecule has 2 fully saturated rings. The van der Waals surface area contributed by atoms with Crippen LogP contribution in [-0.4, -0.2) is 95.8 Å². The molecule has 5 rings (SSSR count). The van der Waals surface area contributed by atoms with Crippen molar-refractivity contribution in [2.75, 3.05) is 58.0 Å². The van der Waals surface area contributed by atoms with Gasteiger partial charge in [-0.15, -0.1) is 10.2 Å². The van der Waals surface area contributed by atoms with E-state index in [9.17, 15) is 5.26 Å². The number of ether oxygens (including phenoxy) is 4. The second-order valence-electron chi connectivity index (χ2n) is 11.7. The molecule has 1 saturated heterocycles. The Morgan fingerprint density at radius 1 is 1.12 bits per heavy atom. The fraction of sp³-hybridized carbons (Fsp3) is 0.545. The summed E-state index contributed by atoms with van der Waals surface area (Å²) in [4.78, 5) is 15.8. The molecule has 1 atom stereocenters. The molecule has 1 aliphatic heterocycles. The van der Waals surface area contributed by atoms with Gasteiger partial charge in [0.15, 0.2) is 0 Å². The average molecular weight is 660 g/mol. The number of benzene rings is 1. The van der Waals surface area contributed by atoms with E-state index in [0.717, 1.165) is 69.5 Å². The molecule has 15 nitrogen and oxygen atoms in total. The lowest BCUT2D eigenvalue weighted by molar-refractivity contribution is 0.00502. The number of aromatic nitrogens is 4. The molecule has 0 bridgehead atoms. The second-order valence-corrected chi connectivity index (χ2v) is 11.7. The third-order valence-corrected chi connectivity index (χ3v) is 8.40. The minimum Gasteiger partial charge on any atom is -0.487 e. The van der Waals surface area contributed by atoms with Crippen LogP contribution < -0.4 is 20.6 Å². The summed E-state index contributed by atoms with van der Waals surface area (Å²) >= 11 is 0. The van der Waals surface area contributed by atoms with Gasteiger partial charge in [-0.25, -0.2) is 9.97 Å². The van der Waals surface area contributed by atoms with Crippen molar-refractivity contribution >= 4 is 18.0 Å². The van der Waals surface area contributed by atoms with Crippen molar-refractivity contribution in [3.63, 3.8) is 0 Å². The molecular weight excluding hydrogens is 614 g/mol. The van der Waals surface area contributed by atoms with E-state index in [2.05, 4.69) is 41.6 Å². The Morgan fingerprint density at radius 3 is 2.62 bits per heavy atom. The molecule has 1 aliphatic carbocycles. The third-order valence-electron chi connectivity index (χ3n) is 8.40. The molecule has 3 N–H and O–H groups in total. The van der Waals surface area contributed by atoms with E-state index in [1.165, 1.54) is 6.34 Å². The number of hydrogen-bond acceptors (Lipinski definition) is 12. The molecule has 2 aliphatic rings. The summed E-state index contributed by atoms with van der Waals surface area (Å²) in [6.07, 6.45) is 11.6. The predicted octanol–water partition coefficient (Wildman–Crippen LogP) is 4.70. The quantitative estimate of drug-likeness (QED) is 0.0543. The second kappa shape index (κ2) is 18.0. The van der Waals surface area contributed by atoms with Crippen LogP contribution in [0.3, 0.4) is 0 Å². The molecule has 0 radical (unpaired) electrons. The van der Waals surface area contributed by atoms with E-state index in [1.54, 1.807) is 24.5 Å². The van der Waals surface area contributed by atoms with Gasteiger partial charge in [-0.2, -0.15) is 5.26 Å². The van der Waals surface area contributed by atoms with Crippen LogP contribution >= 0.6 is 0 Å². The van der Waals surface area contributed by atoms with Crippen molar-refractivity contribution in [3.8, 4) is 28.8 Å². The van der Waals surface area contributed by atoms with Crippen LogP contribution in [0.2, 0.25) is 0 Å². The summed E-state index contributed by atoms with van der Waals surface area (Å²) in [5.74, 6) is 6.37. The fourth-order valence-electron chi connectivity index (χ4n) is 5.93. The molecular formula is C33H45N11O4. The van der Waals surface area contributed by atoms with Gasteiger partial charge in [0.05, 0.1) is 44.2 Å². The highest BCUT2D eigenvalue weighted by Gasteiger charge is 2.29. The summed E-state index contributed by atoms with van der Waals surface area (Å²) < 4.78 is 25.2. The first-order chi connectivity index (χ1) is 23.6. The molecule has 0 amide bonds. The molecule has 48 heavy (non-hydrogen) atoms. The van der Waals surface area contributed by atoms with E-state index in [-0.39, 0.29) is 6.10 Å². The summed E-state index contributed by atoms with van der Waals surface area (Å²) in [6.45, 7) is 9.63. The predicted molar refractivity (Wildman–Crippen MR) is 180 cm³/mol. The van der Waals surface area contributed by atoms with Gasteiger partial charge in [0, 0.05) is 56.7 Å². The first-order valence-corrected chi connectivity index (χ1v) is 16.6. The van der Waals surface area contributed by atoms with Crippen molar-refractivity contribution < 1.29 is 18.9 Å². The normalized spacial score (nSPS) is 19.4. The summed E-state index contributed by atoms with van der Waals surface area (Å²) in [6, 6.07) is 8.44. The Labute approximate surface area is 281 Å². The van der Waals surface area contributed by atoms with Crippen LogP contribution in [0.4, 0.5) is 11.6 Å². The van der Waals surface area contributed by atoms with Crippen LogP contribution in [0.15, 0.2) is 52.1 Å². The summed E-state index contributed by atoms with van der Waals surface area (Å²) in [5, 5.41) is 24.4. The van der Waals surface area contributed by atoms with Gasteiger partial charge in [-0.05, 0) is 57.2 Å². The zero-order valence-corrected chi connectivity index (χ0v) is 27.7.